The minimum absolute atomic E-state index is 0.00764. The number of ether oxygens (including phenoxy) is 1. The van der Waals surface area contributed by atoms with Crippen LogP contribution in [0.25, 0.3) is 22.4 Å². The van der Waals surface area contributed by atoms with E-state index >= 15 is 0 Å². The first-order chi connectivity index (χ1) is 14.7. The largest absolute Gasteiger partial charge is 0.378 e. The van der Waals surface area contributed by atoms with Crippen molar-refractivity contribution in [2.45, 2.75) is 38.3 Å². The summed E-state index contributed by atoms with van der Waals surface area (Å²) in [5, 5.41) is 7.50. The van der Waals surface area contributed by atoms with Crippen molar-refractivity contribution < 1.29 is 13.9 Å². The number of carbonyl (C=O) groups is 1. The van der Waals surface area contributed by atoms with Gasteiger partial charge in [0.2, 0.25) is 5.91 Å². The van der Waals surface area contributed by atoms with Crippen molar-refractivity contribution in [3.63, 3.8) is 0 Å². The molecule has 30 heavy (non-hydrogen) atoms. The zero-order chi connectivity index (χ0) is 20.8. The molecule has 0 unspecified atom stereocenters. The third kappa shape index (κ3) is 4.91. The molecule has 0 aliphatic carbocycles. The highest BCUT2D eigenvalue weighted by molar-refractivity contribution is 5.80. The monoisotopic (exact) mass is 408 g/mol. The van der Waals surface area contributed by atoms with Gasteiger partial charge in [0, 0.05) is 36.7 Å². The molecule has 1 N–H and O–H groups in total. The third-order valence-electron chi connectivity index (χ3n) is 5.28. The molecule has 2 aromatic heterocycles. The van der Waals surface area contributed by atoms with Crippen LogP contribution in [0.4, 0.5) is 4.39 Å². The number of nitrogens with one attached hydrogen (secondary N) is 1. The second kappa shape index (κ2) is 9.63. The van der Waals surface area contributed by atoms with Gasteiger partial charge >= 0.3 is 0 Å². The third-order valence-corrected chi connectivity index (χ3v) is 5.28. The quantitative estimate of drug-likeness (QED) is 0.645. The average Bonchev–Trinajstić information content (AvgIpc) is 3.19. The van der Waals surface area contributed by atoms with Crippen molar-refractivity contribution in [2.75, 3.05) is 13.2 Å². The normalized spacial score (nSPS) is 16.4. The smallest absolute Gasteiger partial charge is 0.222 e. The second-order valence-electron chi connectivity index (χ2n) is 7.42. The lowest BCUT2D eigenvalue weighted by molar-refractivity contribution is -0.124. The molecule has 1 amide bonds. The molecule has 1 aliphatic heterocycles. The standard InChI is InChI=1S/C23H25FN4O2/c24-19-6-4-18(5-7-19)23-21(17-8-10-25-11-9-17)16-27-28(23)13-12-26-22(29)15-20-3-1-2-14-30-20/h4-11,16,20H,1-3,12-15H2,(H,26,29)/t20-/m1/s1. The maximum atomic E-state index is 13.4. The summed E-state index contributed by atoms with van der Waals surface area (Å²) in [6, 6.07) is 10.2. The number of benzene rings is 1. The maximum Gasteiger partial charge on any atom is 0.222 e. The fraction of sp³-hybridized carbons (Fsp3) is 0.348. The molecule has 156 valence electrons. The lowest BCUT2D eigenvalue weighted by atomic mass is 10.0. The van der Waals surface area contributed by atoms with Crippen LogP contribution in [0.15, 0.2) is 55.0 Å². The molecule has 1 fully saturated rings. The van der Waals surface area contributed by atoms with Crippen molar-refractivity contribution >= 4 is 5.91 Å². The fourth-order valence-electron chi connectivity index (χ4n) is 3.76. The summed E-state index contributed by atoms with van der Waals surface area (Å²) in [7, 11) is 0. The summed E-state index contributed by atoms with van der Waals surface area (Å²) in [5.41, 5.74) is 3.66. The van der Waals surface area contributed by atoms with Gasteiger partial charge in [-0.15, -0.1) is 0 Å². The summed E-state index contributed by atoms with van der Waals surface area (Å²) in [6.07, 6.45) is 8.81. The van der Waals surface area contributed by atoms with Crippen LogP contribution in [0.3, 0.4) is 0 Å². The molecule has 0 radical (unpaired) electrons. The van der Waals surface area contributed by atoms with E-state index in [0.717, 1.165) is 48.3 Å². The van der Waals surface area contributed by atoms with Crippen molar-refractivity contribution in [3.8, 4) is 22.4 Å². The van der Waals surface area contributed by atoms with Crippen LogP contribution < -0.4 is 5.32 Å². The minimum atomic E-state index is -0.285. The number of hydrogen-bond acceptors (Lipinski definition) is 4. The Morgan fingerprint density at radius 2 is 1.93 bits per heavy atom. The molecule has 0 bridgehead atoms. The van der Waals surface area contributed by atoms with Gasteiger partial charge in [-0.1, -0.05) is 0 Å². The van der Waals surface area contributed by atoms with E-state index in [9.17, 15) is 9.18 Å². The molecular formula is C23H25FN4O2. The van der Waals surface area contributed by atoms with Crippen molar-refractivity contribution in [1.29, 1.82) is 0 Å². The molecule has 3 aromatic rings. The fourth-order valence-corrected chi connectivity index (χ4v) is 3.76. The maximum absolute atomic E-state index is 13.4. The lowest BCUT2D eigenvalue weighted by Gasteiger charge is -2.22. The van der Waals surface area contributed by atoms with E-state index in [1.54, 1.807) is 30.7 Å². The summed E-state index contributed by atoms with van der Waals surface area (Å²) < 4.78 is 20.9. The Morgan fingerprint density at radius 3 is 2.67 bits per heavy atom. The molecule has 6 nitrogen and oxygen atoms in total. The number of rotatable bonds is 7. The average molecular weight is 408 g/mol. The number of pyridine rings is 1. The molecular weight excluding hydrogens is 383 g/mol. The summed E-state index contributed by atoms with van der Waals surface area (Å²) in [4.78, 5) is 16.3. The Labute approximate surface area is 175 Å². The van der Waals surface area contributed by atoms with E-state index in [1.165, 1.54) is 12.1 Å². The van der Waals surface area contributed by atoms with Gasteiger partial charge in [0.1, 0.15) is 5.82 Å². The topological polar surface area (TPSA) is 69.0 Å². The lowest BCUT2D eigenvalue weighted by Crippen LogP contribution is -2.32. The Balaban J connectivity index is 1.48. The highest BCUT2D eigenvalue weighted by atomic mass is 19.1. The number of hydrogen-bond donors (Lipinski definition) is 1. The molecule has 4 rings (SSSR count). The van der Waals surface area contributed by atoms with Crippen LogP contribution in [0.1, 0.15) is 25.7 Å². The molecule has 0 spiro atoms. The number of halogens is 1. The van der Waals surface area contributed by atoms with Crippen LogP contribution in [0.2, 0.25) is 0 Å². The predicted octanol–water partition coefficient (Wildman–Crippen LogP) is 3.83. The minimum Gasteiger partial charge on any atom is -0.378 e. The highest BCUT2D eigenvalue weighted by Crippen LogP contribution is 2.31. The zero-order valence-corrected chi connectivity index (χ0v) is 16.8. The molecule has 1 atom stereocenters. The van der Waals surface area contributed by atoms with Gasteiger partial charge in [-0.2, -0.15) is 5.10 Å². The van der Waals surface area contributed by atoms with E-state index in [2.05, 4.69) is 15.4 Å². The van der Waals surface area contributed by atoms with Gasteiger partial charge in [0.05, 0.1) is 31.0 Å². The molecule has 1 saturated heterocycles. The number of amides is 1. The van der Waals surface area contributed by atoms with E-state index < -0.39 is 0 Å². The van der Waals surface area contributed by atoms with Crippen LogP contribution in [0, 0.1) is 5.82 Å². The van der Waals surface area contributed by atoms with Crippen LogP contribution in [0.5, 0.6) is 0 Å². The first kappa shape index (κ1) is 20.2. The second-order valence-corrected chi connectivity index (χ2v) is 7.42. The van der Waals surface area contributed by atoms with E-state index in [1.807, 2.05) is 16.8 Å². The van der Waals surface area contributed by atoms with Crippen LogP contribution in [-0.4, -0.2) is 39.9 Å². The summed E-state index contributed by atoms with van der Waals surface area (Å²) >= 11 is 0. The van der Waals surface area contributed by atoms with E-state index in [-0.39, 0.29) is 17.8 Å². The van der Waals surface area contributed by atoms with Gasteiger partial charge in [0.15, 0.2) is 0 Å². The van der Waals surface area contributed by atoms with E-state index in [0.29, 0.717) is 19.5 Å². The molecule has 7 heteroatoms. The highest BCUT2D eigenvalue weighted by Gasteiger charge is 2.18. The van der Waals surface area contributed by atoms with E-state index in [4.69, 9.17) is 4.74 Å². The Bertz CT molecular complexity index is 967. The summed E-state index contributed by atoms with van der Waals surface area (Å²) in [6.45, 7) is 1.70. The SMILES string of the molecule is O=C(C[C@H]1CCCCO1)NCCn1ncc(-c2ccncc2)c1-c1ccc(F)cc1. The van der Waals surface area contributed by atoms with Crippen molar-refractivity contribution in [2.24, 2.45) is 0 Å². The first-order valence-electron chi connectivity index (χ1n) is 10.3. The Kier molecular flexibility index (Phi) is 6.49. The number of aromatic nitrogens is 3. The first-order valence-corrected chi connectivity index (χ1v) is 10.3. The van der Waals surface area contributed by atoms with Gasteiger partial charge in [-0.05, 0) is 61.2 Å². The van der Waals surface area contributed by atoms with Gasteiger partial charge < -0.3 is 10.1 Å². The zero-order valence-electron chi connectivity index (χ0n) is 16.8. The van der Waals surface area contributed by atoms with Gasteiger partial charge in [-0.25, -0.2) is 4.39 Å². The van der Waals surface area contributed by atoms with Crippen molar-refractivity contribution in [3.05, 3.63) is 60.8 Å². The van der Waals surface area contributed by atoms with Gasteiger partial charge in [0.25, 0.3) is 0 Å². The number of carbonyl (C=O) groups excluding carboxylic acids is 1. The van der Waals surface area contributed by atoms with Crippen molar-refractivity contribution in [1.82, 2.24) is 20.1 Å². The summed E-state index contributed by atoms with van der Waals surface area (Å²) in [5.74, 6) is -0.292. The van der Waals surface area contributed by atoms with Crippen LogP contribution >= 0.6 is 0 Å². The Hall–Kier alpha value is -3.06. The van der Waals surface area contributed by atoms with Gasteiger partial charge in [-0.3, -0.25) is 14.5 Å². The molecule has 1 aliphatic rings. The predicted molar refractivity (Wildman–Crippen MR) is 112 cm³/mol. The molecule has 1 aromatic carbocycles. The Morgan fingerprint density at radius 1 is 1.13 bits per heavy atom. The number of nitrogens with zero attached hydrogens (tertiary/aromatic N) is 3. The molecule has 3 heterocycles. The molecule has 0 saturated carbocycles. The van der Waals surface area contributed by atoms with Crippen LogP contribution in [-0.2, 0) is 16.1 Å².